The van der Waals surface area contributed by atoms with Crippen LogP contribution >= 0.6 is 0 Å². The molecule has 1 aromatic heterocycles. The predicted octanol–water partition coefficient (Wildman–Crippen LogP) is 4.12. The van der Waals surface area contributed by atoms with Gasteiger partial charge >= 0.3 is 11.7 Å². The number of halogens is 1. The number of hydrazone groups is 1. The zero-order chi connectivity index (χ0) is 30.4. The Morgan fingerprint density at radius 1 is 1.24 bits per heavy atom. The van der Waals surface area contributed by atoms with Gasteiger partial charge in [-0.2, -0.15) is 5.10 Å². The molecule has 10 nitrogen and oxygen atoms in total. The van der Waals surface area contributed by atoms with Crippen LogP contribution in [0.2, 0.25) is 0 Å². The maximum Gasteiger partial charge on any atom is 0.327 e. The van der Waals surface area contributed by atoms with E-state index in [9.17, 15) is 14.0 Å². The summed E-state index contributed by atoms with van der Waals surface area (Å²) in [6.07, 6.45) is 12.9. The van der Waals surface area contributed by atoms with Crippen LogP contribution in [0.4, 0.5) is 14.9 Å². The molecule has 0 saturated heterocycles. The minimum atomic E-state index is -0.380. The molecule has 0 unspecified atom stereocenters. The molecule has 0 atom stereocenters. The third-order valence-electron chi connectivity index (χ3n) is 5.52. The maximum atomic E-state index is 12.4. The van der Waals surface area contributed by atoms with Gasteiger partial charge in [0.15, 0.2) is 11.2 Å². The highest BCUT2D eigenvalue weighted by Gasteiger charge is 2.17. The Bertz CT molecular complexity index is 1480. The minimum Gasteiger partial charge on any atom is -0.455 e. The topological polar surface area (TPSA) is 116 Å². The predicted molar refractivity (Wildman–Crippen MR) is 163 cm³/mol. The van der Waals surface area contributed by atoms with E-state index in [0.29, 0.717) is 47.5 Å². The van der Waals surface area contributed by atoms with Crippen molar-refractivity contribution >= 4 is 23.2 Å². The molecule has 11 heteroatoms. The van der Waals surface area contributed by atoms with Crippen molar-refractivity contribution in [1.29, 1.82) is 0 Å². The van der Waals surface area contributed by atoms with Crippen LogP contribution in [0, 0.1) is 5.41 Å². The number of anilines is 1. The first kappa shape index (κ1) is 32.5. The molecule has 0 fully saturated rings. The summed E-state index contributed by atoms with van der Waals surface area (Å²) in [5.41, 5.74) is 1.47. The highest BCUT2D eigenvalue weighted by Crippen LogP contribution is 2.19. The second kappa shape index (κ2) is 15.8. The lowest BCUT2D eigenvalue weighted by atomic mass is 9.90. The maximum absolute atomic E-state index is 12.4. The number of amides is 2. The van der Waals surface area contributed by atoms with Gasteiger partial charge in [0.2, 0.25) is 0 Å². The minimum absolute atomic E-state index is 0.194. The number of allylic oxidation sites excluding steroid dienone is 3. The molecular formula is C30H40FN7O3. The van der Waals surface area contributed by atoms with Crippen molar-refractivity contribution in [3.05, 3.63) is 94.6 Å². The summed E-state index contributed by atoms with van der Waals surface area (Å²) in [5, 5.41) is 12.6. The molecule has 41 heavy (non-hydrogen) atoms. The SMILES string of the molecule is C/C=C/F.C/C=C\CN(C)/N=C(\C=C\NC(=O)Nc1ccc(OC2=c3c([nH]c(=O)n3C)=NCC=C2)cc1)C(C)(C)C. The van der Waals surface area contributed by atoms with Gasteiger partial charge in [0, 0.05) is 31.4 Å². The van der Waals surface area contributed by atoms with E-state index < -0.39 is 0 Å². The van der Waals surface area contributed by atoms with Crippen molar-refractivity contribution in [2.24, 2.45) is 22.6 Å². The number of fused-ring (bicyclic) bond motifs is 1. The number of imidazole rings is 1. The van der Waals surface area contributed by atoms with E-state index in [4.69, 9.17) is 4.74 Å². The molecule has 0 spiro atoms. The van der Waals surface area contributed by atoms with Crippen LogP contribution in [0.5, 0.6) is 5.75 Å². The molecule has 0 saturated carbocycles. The monoisotopic (exact) mass is 565 g/mol. The van der Waals surface area contributed by atoms with Crippen molar-refractivity contribution < 1.29 is 13.9 Å². The number of rotatable bonds is 8. The molecule has 1 aliphatic rings. The summed E-state index contributed by atoms with van der Waals surface area (Å²) in [5.74, 6) is 1.06. The fourth-order valence-corrected chi connectivity index (χ4v) is 3.38. The van der Waals surface area contributed by atoms with Crippen LogP contribution < -0.4 is 31.9 Å². The molecule has 0 aliphatic carbocycles. The molecule has 0 bridgehead atoms. The van der Waals surface area contributed by atoms with E-state index in [0.717, 1.165) is 5.71 Å². The third-order valence-corrected chi connectivity index (χ3v) is 5.52. The molecule has 2 amide bonds. The largest absolute Gasteiger partial charge is 0.455 e. The number of H-pyrrole nitrogens is 1. The number of hydrogen-bond acceptors (Lipinski definition) is 6. The van der Waals surface area contributed by atoms with Crippen LogP contribution in [-0.2, 0) is 7.05 Å². The second-order valence-corrected chi connectivity index (χ2v) is 9.96. The first-order valence-corrected chi connectivity index (χ1v) is 13.1. The van der Waals surface area contributed by atoms with Crippen LogP contribution in [0.15, 0.2) is 88.1 Å². The van der Waals surface area contributed by atoms with Gasteiger partial charge in [0.05, 0.1) is 25.1 Å². The van der Waals surface area contributed by atoms with Gasteiger partial charge in [-0.15, -0.1) is 0 Å². The normalized spacial score (nSPS) is 13.5. The summed E-state index contributed by atoms with van der Waals surface area (Å²) in [7, 11) is 3.57. The van der Waals surface area contributed by atoms with E-state index >= 15 is 0 Å². The Balaban J connectivity index is 0.00000138. The van der Waals surface area contributed by atoms with Gasteiger partial charge in [0.1, 0.15) is 11.1 Å². The number of aromatic nitrogens is 2. The van der Waals surface area contributed by atoms with Crippen molar-refractivity contribution in [1.82, 2.24) is 19.9 Å². The Kier molecular flexibility index (Phi) is 12.5. The van der Waals surface area contributed by atoms with Crippen LogP contribution in [-0.4, -0.2) is 46.4 Å². The molecule has 2 aromatic rings. The summed E-state index contributed by atoms with van der Waals surface area (Å²) in [6, 6.07) is 6.57. The fraction of sp³-hybridized carbons (Fsp3) is 0.333. The Labute approximate surface area is 240 Å². The average molecular weight is 566 g/mol. The van der Waals surface area contributed by atoms with Gasteiger partial charge in [-0.1, -0.05) is 45.1 Å². The number of ether oxygens (including phenoxy) is 1. The molecule has 1 aromatic carbocycles. The smallest absolute Gasteiger partial charge is 0.327 e. The van der Waals surface area contributed by atoms with Gasteiger partial charge in [-0.3, -0.25) is 19.6 Å². The number of aromatic amines is 1. The highest BCUT2D eigenvalue weighted by atomic mass is 19.1. The quantitative estimate of drug-likeness (QED) is 0.254. The van der Waals surface area contributed by atoms with Crippen LogP contribution in [0.1, 0.15) is 34.6 Å². The van der Waals surface area contributed by atoms with E-state index in [1.54, 1.807) is 56.6 Å². The van der Waals surface area contributed by atoms with Gasteiger partial charge in [-0.05, 0) is 50.3 Å². The van der Waals surface area contributed by atoms with Gasteiger partial charge < -0.3 is 15.4 Å². The van der Waals surface area contributed by atoms with E-state index in [1.165, 1.54) is 10.6 Å². The van der Waals surface area contributed by atoms with E-state index in [2.05, 4.69) is 46.5 Å². The Morgan fingerprint density at radius 3 is 2.54 bits per heavy atom. The molecule has 220 valence electrons. The van der Waals surface area contributed by atoms with E-state index in [1.807, 2.05) is 37.2 Å². The summed E-state index contributed by atoms with van der Waals surface area (Å²) < 4.78 is 18.0. The van der Waals surface area contributed by atoms with Crippen LogP contribution in [0.3, 0.4) is 0 Å². The molecule has 3 N–H and O–H groups in total. The first-order chi connectivity index (χ1) is 19.5. The lowest BCUT2D eigenvalue weighted by molar-refractivity contribution is 0.255. The van der Waals surface area contributed by atoms with Crippen molar-refractivity contribution in [2.45, 2.75) is 34.6 Å². The number of nitrogens with zero attached hydrogens (tertiary/aromatic N) is 4. The number of hydrogen-bond donors (Lipinski definition) is 3. The number of likely N-dealkylation sites (N-methyl/N-ethyl adjacent to an activating group) is 1. The van der Waals surface area contributed by atoms with Crippen molar-refractivity contribution in [3.63, 3.8) is 0 Å². The lowest BCUT2D eigenvalue weighted by Crippen LogP contribution is -2.33. The number of benzene rings is 1. The number of carbonyl (C=O) groups is 1. The van der Waals surface area contributed by atoms with Gasteiger partial charge in [-0.25, -0.2) is 14.0 Å². The van der Waals surface area contributed by atoms with E-state index in [-0.39, 0.29) is 17.1 Å². The fourth-order valence-electron chi connectivity index (χ4n) is 3.38. The summed E-state index contributed by atoms with van der Waals surface area (Å²) >= 11 is 0. The third kappa shape index (κ3) is 10.4. The Hall–Kier alpha value is -4.67. The highest BCUT2D eigenvalue weighted by molar-refractivity contribution is 5.99. The first-order valence-electron chi connectivity index (χ1n) is 13.1. The molecule has 1 aliphatic heterocycles. The number of carbonyl (C=O) groups excluding carboxylic acids is 1. The Morgan fingerprint density at radius 2 is 1.93 bits per heavy atom. The molecule has 3 rings (SSSR count). The number of nitrogens with one attached hydrogen (secondary N) is 3. The van der Waals surface area contributed by atoms with Crippen molar-refractivity contribution in [2.75, 3.05) is 25.5 Å². The standard InChI is InChI=1S/C27H35N7O3.C3H5F/c1-7-8-18-33(5)32-22(27(2,3)4)15-17-29-25(35)30-19-11-13-20(14-12-19)37-21-10-9-16-28-24-23(21)34(6)26(36)31-24;1-2-3-4/h7-15,17H,16,18H2,1-6H3,(H,28,31,36)(H2,29,30,35);2-3H,1H3/b8-7-,17-15+,32-22+;3-2+. The zero-order valence-electron chi connectivity index (χ0n) is 24.7. The van der Waals surface area contributed by atoms with Crippen LogP contribution in [0.25, 0.3) is 5.76 Å². The zero-order valence-corrected chi connectivity index (χ0v) is 24.7. The molecular weight excluding hydrogens is 525 g/mol. The van der Waals surface area contributed by atoms with Crippen molar-refractivity contribution in [3.8, 4) is 5.75 Å². The number of urea groups is 1. The second-order valence-electron chi connectivity index (χ2n) is 9.96. The summed E-state index contributed by atoms with van der Waals surface area (Å²) in [6.45, 7) is 10.9. The van der Waals surface area contributed by atoms with Gasteiger partial charge in [0.25, 0.3) is 0 Å². The summed E-state index contributed by atoms with van der Waals surface area (Å²) in [4.78, 5) is 31.5. The molecule has 0 radical (unpaired) electrons. The lowest BCUT2D eigenvalue weighted by Gasteiger charge is -2.22. The average Bonchev–Trinajstić information content (AvgIpc) is 3.08. The molecule has 2 heterocycles.